The first-order chi connectivity index (χ1) is 12.6. The molecule has 7 heteroatoms. The molecule has 1 aliphatic heterocycles. The molecule has 3 aromatic rings. The quantitative estimate of drug-likeness (QED) is 0.727. The first-order valence-corrected chi connectivity index (χ1v) is 9.99. The summed E-state index contributed by atoms with van der Waals surface area (Å²) in [5.74, 6) is 1.61. The molecule has 2 aromatic heterocycles. The van der Waals surface area contributed by atoms with Crippen molar-refractivity contribution in [2.75, 3.05) is 0 Å². The van der Waals surface area contributed by atoms with Crippen LogP contribution in [0, 0.1) is 0 Å². The Kier molecular flexibility index (Phi) is 4.65. The van der Waals surface area contributed by atoms with Crippen LogP contribution in [0.4, 0.5) is 0 Å². The smallest absolute Gasteiger partial charge is 0.177 e. The van der Waals surface area contributed by atoms with Crippen molar-refractivity contribution in [1.29, 1.82) is 0 Å². The second-order valence-electron chi connectivity index (χ2n) is 6.25. The maximum absolute atomic E-state index is 6.48. The molecule has 0 saturated heterocycles. The molecule has 0 spiro atoms. The van der Waals surface area contributed by atoms with Crippen LogP contribution in [0.1, 0.15) is 54.1 Å². The van der Waals surface area contributed by atoms with Crippen LogP contribution in [0.2, 0.25) is 5.02 Å². The fourth-order valence-electron chi connectivity index (χ4n) is 3.20. The molecule has 2 N–H and O–H groups in total. The van der Waals surface area contributed by atoms with Gasteiger partial charge in [-0.3, -0.25) is 9.56 Å². The minimum atomic E-state index is -0.580. The minimum absolute atomic E-state index is 0.580. The third-order valence-electron chi connectivity index (χ3n) is 4.46. The Morgan fingerprint density at radius 1 is 1.19 bits per heavy atom. The van der Waals surface area contributed by atoms with Crippen molar-refractivity contribution < 1.29 is 0 Å². The SMILES string of the molecule is CCCc1nnc2n1-c1sc(CC)cc1C(c1ccccc1Cl)=NC2N. The predicted octanol–water partition coefficient (Wildman–Crippen LogP) is 4.31. The number of thiophene rings is 1. The van der Waals surface area contributed by atoms with Crippen molar-refractivity contribution in [3.05, 3.63) is 63.0 Å². The predicted molar refractivity (Wildman–Crippen MR) is 107 cm³/mol. The van der Waals surface area contributed by atoms with Gasteiger partial charge in [-0.25, -0.2) is 0 Å². The van der Waals surface area contributed by atoms with E-state index in [9.17, 15) is 0 Å². The Balaban J connectivity index is 2.00. The molecule has 5 nitrogen and oxygen atoms in total. The lowest BCUT2D eigenvalue weighted by Crippen LogP contribution is -2.14. The van der Waals surface area contributed by atoms with E-state index in [4.69, 9.17) is 22.3 Å². The van der Waals surface area contributed by atoms with Gasteiger partial charge in [-0.1, -0.05) is 43.6 Å². The van der Waals surface area contributed by atoms with Crippen molar-refractivity contribution >= 4 is 28.6 Å². The molecular weight excluding hydrogens is 366 g/mol. The van der Waals surface area contributed by atoms with E-state index in [1.165, 1.54) is 4.88 Å². The van der Waals surface area contributed by atoms with Gasteiger partial charge in [0, 0.05) is 27.4 Å². The summed E-state index contributed by atoms with van der Waals surface area (Å²) in [6.45, 7) is 4.29. The average molecular weight is 386 g/mol. The average Bonchev–Trinajstić information content (AvgIpc) is 3.22. The van der Waals surface area contributed by atoms with E-state index < -0.39 is 6.17 Å². The lowest BCUT2D eigenvalue weighted by molar-refractivity contribution is 0.688. The number of aromatic nitrogens is 3. The van der Waals surface area contributed by atoms with Gasteiger partial charge < -0.3 is 5.73 Å². The summed E-state index contributed by atoms with van der Waals surface area (Å²) in [6, 6.07) is 9.95. The molecule has 0 saturated carbocycles. The molecule has 26 heavy (non-hydrogen) atoms. The molecule has 1 aliphatic rings. The van der Waals surface area contributed by atoms with E-state index in [2.05, 4.69) is 34.7 Å². The Bertz CT molecular complexity index is 988. The summed E-state index contributed by atoms with van der Waals surface area (Å²) < 4.78 is 2.10. The summed E-state index contributed by atoms with van der Waals surface area (Å²) in [7, 11) is 0. The van der Waals surface area contributed by atoms with Gasteiger partial charge in [0.1, 0.15) is 10.8 Å². The Labute approximate surface area is 161 Å². The lowest BCUT2D eigenvalue weighted by atomic mass is 10.0. The first kappa shape index (κ1) is 17.4. The number of benzene rings is 1. The zero-order chi connectivity index (χ0) is 18.3. The molecule has 0 radical (unpaired) electrons. The molecule has 1 aromatic carbocycles. The van der Waals surface area contributed by atoms with Crippen molar-refractivity contribution in [2.24, 2.45) is 10.7 Å². The monoisotopic (exact) mass is 385 g/mol. The van der Waals surface area contributed by atoms with Gasteiger partial charge in [0.2, 0.25) is 0 Å². The summed E-state index contributed by atoms with van der Waals surface area (Å²) in [4.78, 5) is 6.09. The van der Waals surface area contributed by atoms with E-state index in [1.807, 2.05) is 24.3 Å². The third-order valence-corrected chi connectivity index (χ3v) is 6.05. The highest BCUT2D eigenvalue weighted by Crippen LogP contribution is 2.36. The summed E-state index contributed by atoms with van der Waals surface area (Å²) in [6.07, 6.45) is 2.22. The topological polar surface area (TPSA) is 69.1 Å². The maximum Gasteiger partial charge on any atom is 0.177 e. The standard InChI is InChI=1S/C19H20ClN5S/c1-3-7-15-23-24-18-17(21)22-16(12-8-5-6-9-14(12)20)13-10-11(4-2)26-19(13)25(15)18/h5-6,8-10,17H,3-4,7,21H2,1-2H3. The third kappa shape index (κ3) is 2.78. The van der Waals surface area contributed by atoms with Crippen LogP contribution in [-0.2, 0) is 12.8 Å². The molecular formula is C19H20ClN5S. The fraction of sp³-hybridized carbons (Fsp3) is 0.316. The molecule has 0 amide bonds. The number of rotatable bonds is 4. The highest BCUT2D eigenvalue weighted by molar-refractivity contribution is 7.15. The molecule has 0 bridgehead atoms. The van der Waals surface area contributed by atoms with E-state index in [-0.39, 0.29) is 0 Å². The largest absolute Gasteiger partial charge is 0.303 e. The number of aryl methyl sites for hydroxylation is 2. The molecule has 0 aliphatic carbocycles. The van der Waals surface area contributed by atoms with Gasteiger partial charge >= 0.3 is 0 Å². The normalized spacial score (nSPS) is 16.0. The Morgan fingerprint density at radius 2 is 2.00 bits per heavy atom. The molecule has 0 fully saturated rings. The number of aliphatic imine (C=N–C) groups is 1. The highest BCUT2D eigenvalue weighted by Gasteiger charge is 2.29. The van der Waals surface area contributed by atoms with Crippen LogP contribution < -0.4 is 5.73 Å². The summed E-state index contributed by atoms with van der Waals surface area (Å²) >= 11 is 8.22. The first-order valence-electron chi connectivity index (χ1n) is 8.80. The van der Waals surface area contributed by atoms with Crippen molar-refractivity contribution in [3.8, 4) is 5.00 Å². The zero-order valence-corrected chi connectivity index (χ0v) is 16.3. The van der Waals surface area contributed by atoms with Crippen molar-refractivity contribution in [3.63, 3.8) is 0 Å². The number of hydrogen-bond donors (Lipinski definition) is 1. The lowest BCUT2D eigenvalue weighted by Gasteiger charge is -2.09. The number of nitrogens with zero attached hydrogens (tertiary/aromatic N) is 4. The maximum atomic E-state index is 6.48. The molecule has 1 atom stereocenters. The van der Waals surface area contributed by atoms with Crippen LogP contribution in [0.3, 0.4) is 0 Å². The van der Waals surface area contributed by atoms with E-state index in [1.54, 1.807) is 11.3 Å². The second kappa shape index (κ2) is 6.95. The Hall–Kier alpha value is -2.02. The summed E-state index contributed by atoms with van der Waals surface area (Å²) in [5.41, 5.74) is 9.15. The minimum Gasteiger partial charge on any atom is -0.303 e. The van der Waals surface area contributed by atoms with Gasteiger partial charge in [0.25, 0.3) is 0 Å². The number of fused-ring (bicyclic) bond motifs is 3. The van der Waals surface area contributed by atoms with Crippen LogP contribution in [0.25, 0.3) is 5.00 Å². The van der Waals surface area contributed by atoms with Gasteiger partial charge in [0.15, 0.2) is 12.0 Å². The zero-order valence-electron chi connectivity index (χ0n) is 14.7. The number of nitrogens with two attached hydrogens (primary N) is 1. The summed E-state index contributed by atoms with van der Waals surface area (Å²) in [5, 5.41) is 10.5. The van der Waals surface area contributed by atoms with Crippen LogP contribution >= 0.6 is 22.9 Å². The molecule has 1 unspecified atom stereocenters. The second-order valence-corrected chi connectivity index (χ2v) is 7.77. The van der Waals surface area contributed by atoms with Crippen molar-refractivity contribution in [2.45, 2.75) is 39.3 Å². The van der Waals surface area contributed by atoms with Crippen LogP contribution in [0.15, 0.2) is 35.3 Å². The Morgan fingerprint density at radius 3 is 2.73 bits per heavy atom. The molecule has 3 heterocycles. The fourth-order valence-corrected chi connectivity index (χ4v) is 4.55. The number of hydrogen-bond acceptors (Lipinski definition) is 5. The van der Waals surface area contributed by atoms with E-state index in [0.717, 1.165) is 46.9 Å². The van der Waals surface area contributed by atoms with Crippen LogP contribution in [-0.4, -0.2) is 20.5 Å². The van der Waals surface area contributed by atoms with Gasteiger partial charge in [-0.15, -0.1) is 21.5 Å². The van der Waals surface area contributed by atoms with Crippen LogP contribution in [0.5, 0.6) is 0 Å². The van der Waals surface area contributed by atoms with Crippen molar-refractivity contribution in [1.82, 2.24) is 14.8 Å². The molecule has 134 valence electrons. The number of halogens is 1. The van der Waals surface area contributed by atoms with E-state index >= 15 is 0 Å². The van der Waals surface area contributed by atoms with Gasteiger partial charge in [-0.05, 0) is 25.0 Å². The van der Waals surface area contributed by atoms with Gasteiger partial charge in [-0.2, -0.15) is 0 Å². The van der Waals surface area contributed by atoms with E-state index in [0.29, 0.717) is 10.8 Å². The highest BCUT2D eigenvalue weighted by atomic mass is 35.5. The molecule has 4 rings (SSSR count). The van der Waals surface area contributed by atoms with Gasteiger partial charge in [0.05, 0.1) is 5.71 Å².